The number of aliphatic carboxylic acids is 2. The Bertz CT molecular complexity index is 1990. The summed E-state index contributed by atoms with van der Waals surface area (Å²) >= 11 is 0. The highest BCUT2D eigenvalue weighted by molar-refractivity contribution is 5.97. The van der Waals surface area contributed by atoms with Gasteiger partial charge in [-0.3, -0.25) is 28.8 Å². The highest BCUT2D eigenvalue weighted by atomic mass is 19.4. The summed E-state index contributed by atoms with van der Waals surface area (Å²) < 4.78 is 31.7. The van der Waals surface area contributed by atoms with Gasteiger partial charge in [-0.25, -0.2) is 9.59 Å². The first-order chi connectivity index (χ1) is 30.2. The maximum absolute atomic E-state index is 14.3. The summed E-state index contributed by atoms with van der Waals surface area (Å²) in [6, 6.07) is 9.81. The molecule has 3 aliphatic heterocycles. The van der Waals surface area contributed by atoms with E-state index in [9.17, 15) is 56.9 Å². The van der Waals surface area contributed by atoms with Gasteiger partial charge in [0.25, 0.3) is 0 Å². The fourth-order valence-electron chi connectivity index (χ4n) is 7.96. The number of amides is 6. The Labute approximate surface area is 367 Å². The van der Waals surface area contributed by atoms with Gasteiger partial charge in [-0.1, -0.05) is 62.7 Å². The molecule has 0 saturated carbocycles. The molecule has 2 aromatic rings. The lowest BCUT2D eigenvalue weighted by Gasteiger charge is -2.31. The van der Waals surface area contributed by atoms with E-state index < -0.39 is 96.4 Å². The number of rotatable bonds is 16. The van der Waals surface area contributed by atoms with Crippen molar-refractivity contribution in [3.8, 4) is 5.75 Å². The van der Waals surface area contributed by atoms with Crippen molar-refractivity contribution in [1.29, 1.82) is 0 Å². The molecule has 3 heterocycles. The highest BCUT2D eigenvalue weighted by Gasteiger charge is 2.42. The van der Waals surface area contributed by atoms with Crippen LogP contribution in [-0.4, -0.2) is 146 Å². The topological polar surface area (TPSA) is 269 Å². The van der Waals surface area contributed by atoms with Gasteiger partial charge in [0.15, 0.2) is 0 Å². The second-order valence-corrected chi connectivity index (χ2v) is 16.1. The molecule has 7 atom stereocenters. The molecule has 6 amide bonds. The molecule has 3 saturated heterocycles. The zero-order chi connectivity index (χ0) is 47.3. The molecule has 8 N–H and O–H groups in total. The number of carbonyl (C=O) groups is 8. The van der Waals surface area contributed by atoms with Gasteiger partial charge in [0.05, 0.1) is 12.6 Å². The van der Waals surface area contributed by atoms with Crippen molar-refractivity contribution < 1.29 is 66.8 Å². The number of hydrogen-bond donors (Lipinski definition) is 7. The van der Waals surface area contributed by atoms with Crippen LogP contribution in [0, 0.1) is 5.92 Å². The number of alkyl halides is 3. The predicted octanol–water partition coefficient (Wildman–Crippen LogP) is 1.33. The number of benzene rings is 2. The minimum atomic E-state index is -5.08. The number of nitrogens with two attached hydrogens (primary N) is 1. The van der Waals surface area contributed by atoms with Gasteiger partial charge >= 0.3 is 18.1 Å². The van der Waals surface area contributed by atoms with Crippen molar-refractivity contribution in [2.45, 2.75) is 114 Å². The number of phenols is 1. The maximum Gasteiger partial charge on any atom is 0.490 e. The molecule has 0 aromatic heterocycles. The molecule has 0 aliphatic carbocycles. The van der Waals surface area contributed by atoms with Gasteiger partial charge in [0, 0.05) is 26.1 Å². The third-order valence-electron chi connectivity index (χ3n) is 11.6. The van der Waals surface area contributed by atoms with Crippen LogP contribution < -0.4 is 21.7 Å². The Morgan fingerprint density at radius 1 is 0.719 bits per heavy atom. The lowest BCUT2D eigenvalue weighted by atomic mass is 9.99. The van der Waals surface area contributed by atoms with E-state index in [0.29, 0.717) is 51.5 Å². The van der Waals surface area contributed by atoms with Crippen molar-refractivity contribution in [3.05, 3.63) is 65.7 Å². The number of carboxylic acid groups (broad SMARTS) is 2. The van der Waals surface area contributed by atoms with Gasteiger partial charge in [-0.2, -0.15) is 13.2 Å². The molecule has 21 heteroatoms. The lowest BCUT2D eigenvalue weighted by Crippen LogP contribution is -2.58. The molecule has 0 bridgehead atoms. The average molecular weight is 904 g/mol. The number of hydrogen-bond acceptors (Lipinski definition) is 10. The van der Waals surface area contributed by atoms with Crippen LogP contribution in [0.5, 0.6) is 5.75 Å². The summed E-state index contributed by atoms with van der Waals surface area (Å²) in [6.07, 6.45) is -1.49. The highest BCUT2D eigenvalue weighted by Crippen LogP contribution is 2.24. The molecule has 0 spiro atoms. The standard InChI is InChI=1S/C41H55N7O9.C2HF3O2/c1-3-25(2)35(41(56)57)45-38(53)32-13-7-19-46(32)34(50)24-43-36(51)31-12-8-21-48(31)40(55)30(23-26-10-5-4-6-11-26)44-37(52)33-14-9-20-47(33)39(54)29(42)22-27-15-17-28(49)18-16-27;3-2(4,5)1(6)7/h4-6,10-11,15-18,25,29-33,35,49H,3,7-9,12-14,19-24,42H2,1-2H3,(H,43,51)(H,44,52)(H,45,53)(H,56,57);(H,6,7)/t25-,29-,30-,31-,32-,33-,35-;/m0./s1. The number of carbonyl (C=O) groups excluding carboxylic acids is 6. The Balaban J connectivity index is 0.00000118. The van der Waals surface area contributed by atoms with E-state index in [1.165, 1.54) is 26.8 Å². The molecule has 5 rings (SSSR count). The van der Waals surface area contributed by atoms with Crippen molar-refractivity contribution in [2.24, 2.45) is 11.7 Å². The first kappa shape index (κ1) is 50.4. The van der Waals surface area contributed by atoms with E-state index in [1.54, 1.807) is 19.1 Å². The Hall–Kier alpha value is -6.25. The fraction of sp³-hybridized carbons (Fsp3) is 0.535. The number of likely N-dealkylation sites (tertiary alicyclic amines) is 3. The monoisotopic (exact) mass is 903 g/mol. The third-order valence-corrected chi connectivity index (χ3v) is 11.6. The Morgan fingerprint density at radius 2 is 1.20 bits per heavy atom. The fourth-order valence-corrected chi connectivity index (χ4v) is 7.96. The lowest BCUT2D eigenvalue weighted by molar-refractivity contribution is -0.192. The van der Waals surface area contributed by atoms with Gasteiger partial charge in [0.2, 0.25) is 35.4 Å². The van der Waals surface area contributed by atoms with Crippen LogP contribution in [0.25, 0.3) is 0 Å². The van der Waals surface area contributed by atoms with Crippen LogP contribution in [0.1, 0.15) is 69.9 Å². The third kappa shape index (κ3) is 13.6. The number of aromatic hydroxyl groups is 1. The molecule has 18 nitrogen and oxygen atoms in total. The molecule has 64 heavy (non-hydrogen) atoms. The molecule has 2 aromatic carbocycles. The summed E-state index contributed by atoms with van der Waals surface area (Å²) in [5.74, 6) is -7.10. The van der Waals surface area contributed by atoms with E-state index >= 15 is 0 Å². The SMILES string of the molecule is CC[C@H](C)[C@H](NC(=O)[C@@H]1CCCN1C(=O)CNC(=O)[C@@H]1CCCN1C(=O)[C@H](Cc1ccccc1)NC(=O)[C@@H]1CCCN1C(=O)[C@@H](N)Cc1ccc(O)cc1)C(=O)O.O=C(O)C(F)(F)F. The second-order valence-electron chi connectivity index (χ2n) is 16.1. The summed E-state index contributed by atoms with van der Waals surface area (Å²) in [7, 11) is 0. The van der Waals surface area contributed by atoms with Gasteiger partial charge < -0.3 is 51.7 Å². The summed E-state index contributed by atoms with van der Waals surface area (Å²) in [4.78, 5) is 107. The van der Waals surface area contributed by atoms with E-state index in [1.807, 2.05) is 37.3 Å². The normalized spacial score (nSPS) is 20.2. The van der Waals surface area contributed by atoms with Crippen molar-refractivity contribution in [3.63, 3.8) is 0 Å². The summed E-state index contributed by atoms with van der Waals surface area (Å²) in [5, 5.41) is 34.5. The zero-order valence-electron chi connectivity index (χ0n) is 35.6. The zero-order valence-corrected chi connectivity index (χ0v) is 35.6. The van der Waals surface area contributed by atoms with Crippen LogP contribution in [0.2, 0.25) is 0 Å². The van der Waals surface area contributed by atoms with Crippen LogP contribution in [0.4, 0.5) is 13.2 Å². The van der Waals surface area contributed by atoms with E-state index in [4.69, 9.17) is 15.6 Å². The summed E-state index contributed by atoms with van der Waals surface area (Å²) in [5.41, 5.74) is 7.84. The smallest absolute Gasteiger partial charge is 0.490 e. The van der Waals surface area contributed by atoms with E-state index in [0.717, 1.165) is 11.1 Å². The number of halogens is 3. The predicted molar refractivity (Wildman–Crippen MR) is 222 cm³/mol. The number of nitrogens with zero attached hydrogens (tertiary/aromatic N) is 3. The molecule has 0 radical (unpaired) electrons. The average Bonchev–Trinajstić information content (AvgIpc) is 4.07. The van der Waals surface area contributed by atoms with Crippen molar-refractivity contribution in [2.75, 3.05) is 26.2 Å². The minimum Gasteiger partial charge on any atom is -0.508 e. The Morgan fingerprint density at radius 3 is 1.73 bits per heavy atom. The van der Waals surface area contributed by atoms with Crippen LogP contribution >= 0.6 is 0 Å². The van der Waals surface area contributed by atoms with E-state index in [2.05, 4.69) is 16.0 Å². The first-order valence-corrected chi connectivity index (χ1v) is 21.1. The molecule has 3 fully saturated rings. The summed E-state index contributed by atoms with van der Waals surface area (Å²) in [6.45, 7) is 3.99. The van der Waals surface area contributed by atoms with Crippen molar-refractivity contribution >= 4 is 47.4 Å². The second kappa shape index (κ2) is 22.9. The van der Waals surface area contributed by atoms with Crippen LogP contribution in [0.3, 0.4) is 0 Å². The van der Waals surface area contributed by atoms with Gasteiger partial charge in [-0.15, -0.1) is 0 Å². The van der Waals surface area contributed by atoms with Crippen molar-refractivity contribution in [1.82, 2.24) is 30.7 Å². The molecular weight excluding hydrogens is 848 g/mol. The molecular formula is C43H56F3N7O11. The largest absolute Gasteiger partial charge is 0.508 e. The van der Waals surface area contributed by atoms with Crippen LogP contribution in [0.15, 0.2) is 54.6 Å². The number of nitrogens with one attached hydrogen (secondary N) is 3. The minimum absolute atomic E-state index is 0.0934. The number of carboxylic acids is 2. The van der Waals surface area contributed by atoms with Gasteiger partial charge in [0.1, 0.15) is 36.0 Å². The Kier molecular flexibility index (Phi) is 18.0. The van der Waals surface area contributed by atoms with E-state index in [-0.39, 0.29) is 37.6 Å². The first-order valence-electron chi connectivity index (χ1n) is 21.1. The van der Waals surface area contributed by atoms with Crippen LogP contribution in [-0.2, 0) is 51.2 Å². The molecule has 3 aliphatic rings. The maximum atomic E-state index is 14.3. The number of phenolic OH excluding ortho intramolecular Hbond substituents is 1. The van der Waals surface area contributed by atoms with Gasteiger partial charge in [-0.05, 0) is 74.1 Å². The molecule has 0 unspecified atom stereocenters. The molecule has 350 valence electrons. The quantitative estimate of drug-likeness (QED) is 0.126.